The molecule has 0 aliphatic carbocycles. The van der Waals surface area contributed by atoms with Crippen molar-refractivity contribution in [1.29, 1.82) is 0 Å². The minimum absolute atomic E-state index is 0.0293. The van der Waals surface area contributed by atoms with Crippen LogP contribution in [0, 0.1) is 0 Å². The molecule has 0 saturated heterocycles. The lowest BCUT2D eigenvalue weighted by Gasteiger charge is -2.47. The predicted octanol–water partition coefficient (Wildman–Crippen LogP) is 3.33. The molecule has 8 heteroatoms. The van der Waals surface area contributed by atoms with E-state index in [0.29, 0.717) is 43.6 Å². The molecule has 0 saturated carbocycles. The van der Waals surface area contributed by atoms with Gasteiger partial charge in [0.1, 0.15) is 12.0 Å². The van der Waals surface area contributed by atoms with Crippen LogP contribution in [0.5, 0.6) is 0 Å². The van der Waals surface area contributed by atoms with Crippen molar-refractivity contribution in [2.45, 2.75) is 25.6 Å². The molecule has 1 amide bonds. The number of nitrogens with zero attached hydrogens (tertiary/aromatic N) is 2. The van der Waals surface area contributed by atoms with Crippen molar-refractivity contribution in [3.63, 3.8) is 0 Å². The molecule has 0 aromatic heterocycles. The highest BCUT2D eigenvalue weighted by atomic mass is 32.1. The van der Waals surface area contributed by atoms with Crippen LogP contribution in [0.15, 0.2) is 72.1 Å². The van der Waals surface area contributed by atoms with Crippen LogP contribution in [-0.2, 0) is 14.3 Å². The highest BCUT2D eigenvalue weighted by molar-refractivity contribution is 7.80. The Morgan fingerprint density at radius 2 is 1.62 bits per heavy atom. The molecule has 2 N–H and O–H groups in total. The smallest absolute Gasteiger partial charge is 0.257 e. The summed E-state index contributed by atoms with van der Waals surface area (Å²) in [6, 6.07) is 19.6. The van der Waals surface area contributed by atoms with Gasteiger partial charge < -0.3 is 29.9 Å². The zero-order valence-corrected chi connectivity index (χ0v) is 20.5. The van der Waals surface area contributed by atoms with E-state index in [4.69, 9.17) is 21.7 Å². The topological polar surface area (TPSA) is 66.1 Å². The molecule has 180 valence electrons. The molecule has 0 radical (unpaired) electrons. The Balaban J connectivity index is 1.77. The van der Waals surface area contributed by atoms with Gasteiger partial charge in [-0.15, -0.1) is 0 Å². The summed E-state index contributed by atoms with van der Waals surface area (Å²) < 4.78 is 10.9. The second-order valence-electron chi connectivity index (χ2n) is 8.21. The van der Waals surface area contributed by atoms with E-state index in [1.54, 1.807) is 7.11 Å². The lowest BCUT2D eigenvalue weighted by Crippen LogP contribution is -2.59. The van der Waals surface area contributed by atoms with Gasteiger partial charge in [0.15, 0.2) is 5.11 Å². The number of methoxy groups -OCH3 is 1. The Labute approximate surface area is 206 Å². The molecular formula is C26H32N4O3S. The molecule has 2 aromatic rings. The first kappa shape index (κ1) is 24.2. The molecule has 7 nitrogen and oxygen atoms in total. The summed E-state index contributed by atoms with van der Waals surface area (Å²) in [4.78, 5) is 18.0. The second kappa shape index (κ2) is 11.5. The van der Waals surface area contributed by atoms with E-state index in [2.05, 4.69) is 10.6 Å². The van der Waals surface area contributed by atoms with Gasteiger partial charge in [0, 0.05) is 33.4 Å². The number of thiocarbonyl (C=S) groups is 1. The fourth-order valence-corrected chi connectivity index (χ4v) is 4.71. The highest BCUT2D eigenvalue weighted by Gasteiger charge is 2.43. The molecule has 0 spiro atoms. The first-order valence-electron chi connectivity index (χ1n) is 11.7. The zero-order chi connectivity index (χ0) is 23.9. The normalized spacial score (nSPS) is 20.2. The summed E-state index contributed by atoms with van der Waals surface area (Å²) in [7, 11) is 1.65. The van der Waals surface area contributed by atoms with Crippen molar-refractivity contribution in [2.75, 3.05) is 40.0 Å². The minimum Gasteiger partial charge on any atom is -0.383 e. The van der Waals surface area contributed by atoms with Gasteiger partial charge in [-0.1, -0.05) is 60.7 Å². The van der Waals surface area contributed by atoms with Crippen LogP contribution in [0.3, 0.4) is 0 Å². The summed E-state index contributed by atoms with van der Waals surface area (Å²) in [6.45, 7) is 4.85. The van der Waals surface area contributed by atoms with E-state index in [9.17, 15) is 4.79 Å². The van der Waals surface area contributed by atoms with Crippen LogP contribution in [0.2, 0.25) is 0 Å². The van der Waals surface area contributed by atoms with E-state index >= 15 is 0 Å². The number of amides is 1. The van der Waals surface area contributed by atoms with Crippen molar-refractivity contribution >= 4 is 23.2 Å². The summed E-state index contributed by atoms with van der Waals surface area (Å²) in [5, 5.41) is 7.69. The van der Waals surface area contributed by atoms with E-state index in [0.717, 1.165) is 23.4 Å². The predicted molar refractivity (Wildman–Crippen MR) is 136 cm³/mol. The minimum atomic E-state index is -0.339. The van der Waals surface area contributed by atoms with Crippen LogP contribution in [0.4, 0.5) is 0 Å². The van der Waals surface area contributed by atoms with Gasteiger partial charge >= 0.3 is 0 Å². The van der Waals surface area contributed by atoms with Crippen LogP contribution < -0.4 is 10.6 Å². The quantitative estimate of drug-likeness (QED) is 0.399. The Hall–Kier alpha value is -2.94. The second-order valence-corrected chi connectivity index (χ2v) is 8.59. The fourth-order valence-electron chi connectivity index (χ4n) is 4.41. The monoisotopic (exact) mass is 480 g/mol. The van der Waals surface area contributed by atoms with Gasteiger partial charge in [0.05, 0.1) is 18.2 Å². The van der Waals surface area contributed by atoms with E-state index in [1.807, 2.05) is 77.4 Å². The standard InChI is InChI=1S/C26H32N4O3S/c1-3-33-17-10-15-30-24-21(22(27-26(30)34)19-11-6-4-7-12-19)25(31)29(16-18-32-2)23(28-24)20-13-8-5-9-14-20/h4-9,11-14,22-23,28H,3,10,15-18H2,1-2H3,(H,27,34)/t22-,23+/m1/s1. The maximum absolute atomic E-state index is 14.1. The van der Waals surface area contributed by atoms with Crippen molar-refractivity contribution in [3.8, 4) is 0 Å². The van der Waals surface area contributed by atoms with Crippen molar-refractivity contribution in [2.24, 2.45) is 0 Å². The number of benzene rings is 2. The Bertz CT molecular complexity index is 1020. The van der Waals surface area contributed by atoms with Crippen molar-refractivity contribution in [1.82, 2.24) is 20.4 Å². The maximum Gasteiger partial charge on any atom is 0.257 e. The third-order valence-corrected chi connectivity index (χ3v) is 6.40. The van der Waals surface area contributed by atoms with E-state index < -0.39 is 0 Å². The third kappa shape index (κ3) is 5.09. The van der Waals surface area contributed by atoms with Gasteiger partial charge in [-0.2, -0.15) is 0 Å². The SMILES string of the molecule is CCOCCCN1C(=S)N[C@H](c2ccccc2)C2=C1N[C@H](c1ccccc1)N(CCOC)C2=O. The Kier molecular flexibility index (Phi) is 8.16. The Morgan fingerprint density at radius 1 is 0.941 bits per heavy atom. The van der Waals surface area contributed by atoms with Gasteiger partial charge in [0.25, 0.3) is 5.91 Å². The van der Waals surface area contributed by atoms with Crippen LogP contribution in [-0.4, -0.2) is 60.8 Å². The number of carbonyl (C=O) groups is 1. The molecule has 2 aromatic carbocycles. The molecule has 2 aliphatic heterocycles. The van der Waals surface area contributed by atoms with Crippen molar-refractivity contribution in [3.05, 3.63) is 83.2 Å². The van der Waals surface area contributed by atoms with Crippen molar-refractivity contribution < 1.29 is 14.3 Å². The molecule has 4 rings (SSSR count). The summed E-state index contributed by atoms with van der Waals surface area (Å²) in [6.07, 6.45) is 0.469. The average molecular weight is 481 g/mol. The summed E-state index contributed by atoms with van der Waals surface area (Å²) >= 11 is 5.80. The largest absolute Gasteiger partial charge is 0.383 e. The molecule has 0 unspecified atom stereocenters. The number of nitrogens with one attached hydrogen (secondary N) is 2. The summed E-state index contributed by atoms with van der Waals surface area (Å²) in [5.41, 5.74) is 2.67. The zero-order valence-electron chi connectivity index (χ0n) is 19.7. The number of ether oxygens (including phenoxy) is 2. The maximum atomic E-state index is 14.1. The first-order chi connectivity index (χ1) is 16.7. The molecule has 34 heavy (non-hydrogen) atoms. The van der Waals surface area contributed by atoms with Gasteiger partial charge in [-0.25, -0.2) is 0 Å². The number of hydrogen-bond donors (Lipinski definition) is 2. The van der Waals surface area contributed by atoms with E-state index in [-0.39, 0.29) is 18.1 Å². The lowest BCUT2D eigenvalue weighted by atomic mass is 9.93. The highest BCUT2D eigenvalue weighted by Crippen LogP contribution is 2.37. The van der Waals surface area contributed by atoms with Gasteiger partial charge in [-0.05, 0) is 36.7 Å². The van der Waals surface area contributed by atoms with Crippen LogP contribution in [0.1, 0.15) is 36.7 Å². The Morgan fingerprint density at radius 3 is 2.26 bits per heavy atom. The molecule has 0 fully saturated rings. The molecule has 0 bridgehead atoms. The molecule has 2 aliphatic rings. The molecule has 2 heterocycles. The first-order valence-corrected chi connectivity index (χ1v) is 12.1. The fraction of sp³-hybridized carbons (Fsp3) is 0.385. The number of carbonyl (C=O) groups excluding carboxylic acids is 1. The van der Waals surface area contributed by atoms with Gasteiger partial charge in [0.2, 0.25) is 0 Å². The summed E-state index contributed by atoms with van der Waals surface area (Å²) in [5.74, 6) is 0.736. The van der Waals surface area contributed by atoms with Crippen LogP contribution >= 0.6 is 12.2 Å². The van der Waals surface area contributed by atoms with Crippen LogP contribution in [0.25, 0.3) is 0 Å². The van der Waals surface area contributed by atoms with Gasteiger partial charge in [-0.3, -0.25) is 4.79 Å². The third-order valence-electron chi connectivity index (χ3n) is 6.06. The number of rotatable bonds is 10. The molecular weight excluding hydrogens is 448 g/mol. The molecule has 2 atom stereocenters. The average Bonchev–Trinajstić information content (AvgIpc) is 2.87. The number of hydrogen-bond acceptors (Lipinski definition) is 5. The lowest BCUT2D eigenvalue weighted by molar-refractivity contribution is -0.133. The van der Waals surface area contributed by atoms with E-state index in [1.165, 1.54) is 0 Å².